The minimum Gasteiger partial charge on any atom is -0.391 e. The maximum Gasteiger partial charge on any atom is 0.152 e. The lowest BCUT2D eigenvalue weighted by molar-refractivity contribution is 0.276. The smallest absolute Gasteiger partial charge is 0.152 e. The number of benzene rings is 1. The third-order valence-electron chi connectivity index (χ3n) is 3.15. The van der Waals surface area contributed by atoms with E-state index < -0.39 is 15.7 Å². The topological polar surface area (TPSA) is 57.6 Å². The first-order valence-corrected chi connectivity index (χ1v) is 7.69. The van der Waals surface area contributed by atoms with Gasteiger partial charge in [-0.2, -0.15) is 0 Å². The Labute approximate surface area is 106 Å². The average Bonchev–Trinajstić information content (AvgIpc) is 2.50. The van der Waals surface area contributed by atoms with Gasteiger partial charge in [0.2, 0.25) is 0 Å². The van der Waals surface area contributed by atoms with Crippen molar-refractivity contribution in [2.45, 2.75) is 13.0 Å². The summed E-state index contributed by atoms with van der Waals surface area (Å²) in [6.07, 6.45) is 0.531. The highest BCUT2D eigenvalue weighted by Gasteiger charge is 2.21. The van der Waals surface area contributed by atoms with Crippen molar-refractivity contribution in [1.82, 2.24) is 0 Å². The molecule has 0 bridgehead atoms. The predicted molar refractivity (Wildman–Crippen MR) is 67.8 cm³/mol. The summed E-state index contributed by atoms with van der Waals surface area (Å²) in [4.78, 5) is 1.83. The Morgan fingerprint density at radius 3 is 2.78 bits per heavy atom. The fourth-order valence-electron chi connectivity index (χ4n) is 2.18. The van der Waals surface area contributed by atoms with Gasteiger partial charge in [0.1, 0.15) is 5.82 Å². The highest BCUT2D eigenvalue weighted by atomic mass is 32.2. The van der Waals surface area contributed by atoms with Crippen LogP contribution in [0, 0.1) is 5.82 Å². The largest absolute Gasteiger partial charge is 0.391 e. The molecule has 1 fully saturated rings. The van der Waals surface area contributed by atoms with Crippen molar-refractivity contribution in [2.24, 2.45) is 0 Å². The summed E-state index contributed by atoms with van der Waals surface area (Å²) >= 11 is 0. The molecule has 0 unspecified atom stereocenters. The van der Waals surface area contributed by atoms with Crippen molar-refractivity contribution in [3.05, 3.63) is 29.6 Å². The number of aliphatic hydroxyl groups is 1. The summed E-state index contributed by atoms with van der Waals surface area (Å²) < 4.78 is 36.6. The molecule has 2 rings (SSSR count). The van der Waals surface area contributed by atoms with Crippen LogP contribution in [0.15, 0.2) is 18.2 Å². The summed E-state index contributed by atoms with van der Waals surface area (Å²) in [6, 6.07) is 4.58. The Bertz CT molecular complexity index is 530. The molecule has 0 spiro atoms. The third kappa shape index (κ3) is 2.81. The lowest BCUT2D eigenvalue weighted by atomic mass is 10.1. The van der Waals surface area contributed by atoms with E-state index >= 15 is 0 Å². The van der Waals surface area contributed by atoms with Crippen LogP contribution < -0.4 is 4.90 Å². The van der Waals surface area contributed by atoms with Crippen molar-refractivity contribution in [2.75, 3.05) is 29.5 Å². The monoisotopic (exact) mass is 273 g/mol. The first kappa shape index (κ1) is 13.3. The van der Waals surface area contributed by atoms with E-state index in [1.165, 1.54) is 6.07 Å². The van der Waals surface area contributed by atoms with Crippen LogP contribution in [0.1, 0.15) is 12.0 Å². The minimum atomic E-state index is -2.99. The third-order valence-corrected chi connectivity index (χ3v) is 4.86. The molecule has 0 saturated carbocycles. The molecule has 4 nitrogen and oxygen atoms in total. The summed E-state index contributed by atoms with van der Waals surface area (Å²) in [5, 5.41) is 9.22. The summed E-state index contributed by atoms with van der Waals surface area (Å²) in [6.45, 7) is 0.528. The van der Waals surface area contributed by atoms with Crippen LogP contribution in [-0.2, 0) is 16.4 Å². The van der Waals surface area contributed by atoms with E-state index in [4.69, 9.17) is 0 Å². The molecular weight excluding hydrogens is 257 g/mol. The fraction of sp³-hybridized carbons (Fsp3) is 0.500. The number of anilines is 1. The lowest BCUT2D eigenvalue weighted by Crippen LogP contribution is -2.28. The van der Waals surface area contributed by atoms with Crippen molar-refractivity contribution in [1.29, 1.82) is 0 Å². The van der Waals surface area contributed by atoms with Crippen molar-refractivity contribution in [3.63, 3.8) is 0 Å². The van der Waals surface area contributed by atoms with Gasteiger partial charge in [-0.3, -0.25) is 0 Å². The zero-order chi connectivity index (χ0) is 13.2. The number of rotatable bonds is 2. The van der Waals surface area contributed by atoms with Crippen LogP contribution in [-0.4, -0.2) is 38.1 Å². The van der Waals surface area contributed by atoms with Gasteiger partial charge in [-0.05, 0) is 18.6 Å². The van der Waals surface area contributed by atoms with E-state index in [0.29, 0.717) is 25.2 Å². The van der Waals surface area contributed by atoms with Crippen LogP contribution in [0.3, 0.4) is 0 Å². The number of hydrogen-bond donors (Lipinski definition) is 1. The van der Waals surface area contributed by atoms with E-state index in [2.05, 4.69) is 0 Å². The van der Waals surface area contributed by atoms with E-state index in [1.807, 2.05) is 4.90 Å². The molecule has 0 atom stereocenters. The molecule has 1 aromatic rings. The molecular formula is C12H16FNO3S. The first-order chi connectivity index (χ1) is 8.53. The van der Waals surface area contributed by atoms with Crippen LogP contribution in [0.2, 0.25) is 0 Å². The molecule has 1 aromatic carbocycles. The number of sulfone groups is 1. The predicted octanol–water partition coefficient (Wildman–Crippen LogP) is 0.943. The molecule has 100 valence electrons. The van der Waals surface area contributed by atoms with Gasteiger partial charge in [0.05, 0.1) is 18.1 Å². The van der Waals surface area contributed by atoms with Crippen molar-refractivity contribution >= 4 is 15.5 Å². The molecule has 1 aliphatic rings. The van der Waals surface area contributed by atoms with Crippen LogP contribution in [0.5, 0.6) is 0 Å². The van der Waals surface area contributed by atoms with Gasteiger partial charge in [0, 0.05) is 24.3 Å². The van der Waals surface area contributed by atoms with E-state index in [-0.39, 0.29) is 23.7 Å². The summed E-state index contributed by atoms with van der Waals surface area (Å²) in [7, 11) is -2.99. The van der Waals surface area contributed by atoms with Gasteiger partial charge in [0.25, 0.3) is 0 Å². The second-order valence-electron chi connectivity index (χ2n) is 4.39. The van der Waals surface area contributed by atoms with E-state index in [0.717, 1.165) is 0 Å². The van der Waals surface area contributed by atoms with Crippen LogP contribution in [0.25, 0.3) is 0 Å². The molecule has 0 aliphatic carbocycles. The molecule has 1 saturated heterocycles. The van der Waals surface area contributed by atoms with Crippen molar-refractivity contribution in [3.8, 4) is 0 Å². The minimum absolute atomic E-state index is 0.0778. The van der Waals surface area contributed by atoms with Crippen molar-refractivity contribution < 1.29 is 17.9 Å². The van der Waals surface area contributed by atoms with Gasteiger partial charge in [-0.15, -0.1) is 0 Å². The molecule has 1 N–H and O–H groups in total. The Morgan fingerprint density at radius 1 is 1.28 bits per heavy atom. The zero-order valence-electron chi connectivity index (χ0n) is 9.97. The summed E-state index contributed by atoms with van der Waals surface area (Å²) in [5.74, 6) is -0.205. The molecule has 1 aliphatic heterocycles. The van der Waals surface area contributed by atoms with Crippen LogP contribution >= 0.6 is 0 Å². The SMILES string of the molecule is O=S1(=O)CCCN(c2cccc(F)c2CO)CC1. The Balaban J connectivity index is 2.29. The number of aliphatic hydroxyl groups excluding tert-OH is 1. The standard InChI is InChI=1S/C12H16FNO3S/c13-11-3-1-4-12(10(11)9-15)14-5-2-7-18(16,17)8-6-14/h1,3-4,15H,2,5-9H2. The normalized spacial score (nSPS) is 19.6. The van der Waals surface area contributed by atoms with E-state index in [9.17, 15) is 17.9 Å². The zero-order valence-corrected chi connectivity index (χ0v) is 10.8. The van der Waals surface area contributed by atoms with Gasteiger partial charge < -0.3 is 10.0 Å². The van der Waals surface area contributed by atoms with Gasteiger partial charge in [0.15, 0.2) is 9.84 Å². The van der Waals surface area contributed by atoms with Gasteiger partial charge in [-0.25, -0.2) is 12.8 Å². The van der Waals surface area contributed by atoms with Gasteiger partial charge >= 0.3 is 0 Å². The highest BCUT2D eigenvalue weighted by Crippen LogP contribution is 2.24. The Kier molecular flexibility index (Phi) is 3.87. The molecule has 1 heterocycles. The summed E-state index contributed by atoms with van der Waals surface area (Å²) in [5.41, 5.74) is 0.825. The second kappa shape index (κ2) is 5.24. The quantitative estimate of drug-likeness (QED) is 0.871. The van der Waals surface area contributed by atoms with E-state index in [1.54, 1.807) is 12.1 Å². The highest BCUT2D eigenvalue weighted by molar-refractivity contribution is 7.91. The number of nitrogens with zero attached hydrogens (tertiary/aromatic N) is 1. The Hall–Kier alpha value is -1.14. The van der Waals surface area contributed by atoms with Gasteiger partial charge in [-0.1, -0.05) is 6.07 Å². The van der Waals surface area contributed by atoms with Crippen LogP contribution in [0.4, 0.5) is 10.1 Å². The first-order valence-electron chi connectivity index (χ1n) is 5.87. The maximum atomic E-state index is 13.6. The number of hydrogen-bond acceptors (Lipinski definition) is 4. The Morgan fingerprint density at radius 2 is 2.06 bits per heavy atom. The second-order valence-corrected chi connectivity index (χ2v) is 6.69. The molecule has 0 radical (unpaired) electrons. The lowest BCUT2D eigenvalue weighted by Gasteiger charge is -2.24. The molecule has 0 amide bonds. The molecule has 0 aromatic heterocycles. The molecule has 6 heteroatoms. The molecule has 18 heavy (non-hydrogen) atoms. The maximum absolute atomic E-state index is 13.6. The average molecular weight is 273 g/mol. The fourth-order valence-corrected chi connectivity index (χ4v) is 3.45. The number of halogens is 1.